The smallest absolute Gasteiger partial charge is 0.353 e. The highest BCUT2D eigenvalue weighted by molar-refractivity contribution is 5.80. The summed E-state index contributed by atoms with van der Waals surface area (Å²) in [6.45, 7) is 3.11. The maximum Gasteiger partial charge on any atom is 0.416 e. The fourth-order valence-corrected chi connectivity index (χ4v) is 4.99. The normalized spacial score (nSPS) is 23.3. The van der Waals surface area contributed by atoms with Gasteiger partial charge in [0.2, 0.25) is 11.8 Å². The number of hydrogen-bond donors (Lipinski definition) is 1. The molecular formula is C24H33F3N2O2. The first-order valence-electron chi connectivity index (χ1n) is 11.6. The number of carbonyl (C=O) groups excluding carboxylic acids is 2. The number of nitrogens with one attached hydrogen (secondary N) is 1. The van der Waals surface area contributed by atoms with Crippen molar-refractivity contribution in [1.82, 2.24) is 10.2 Å². The van der Waals surface area contributed by atoms with Crippen molar-refractivity contribution in [1.29, 1.82) is 0 Å². The molecule has 2 amide bonds. The average Bonchev–Trinajstić information content (AvgIpc) is 2.98. The molecule has 0 spiro atoms. The van der Waals surface area contributed by atoms with E-state index in [1.165, 1.54) is 6.07 Å². The zero-order chi connectivity index (χ0) is 22.4. The molecule has 0 aromatic heterocycles. The number of rotatable bonds is 5. The van der Waals surface area contributed by atoms with Gasteiger partial charge in [-0.2, -0.15) is 13.2 Å². The molecule has 1 aromatic carbocycles. The van der Waals surface area contributed by atoms with Crippen molar-refractivity contribution >= 4 is 11.8 Å². The quantitative estimate of drug-likeness (QED) is 0.636. The highest BCUT2D eigenvalue weighted by Crippen LogP contribution is 2.40. The van der Waals surface area contributed by atoms with Crippen LogP contribution in [0.5, 0.6) is 0 Å². The lowest BCUT2D eigenvalue weighted by molar-refractivity contribution is -0.138. The lowest BCUT2D eigenvalue weighted by Crippen LogP contribution is -2.46. The van der Waals surface area contributed by atoms with Gasteiger partial charge in [-0.05, 0) is 43.7 Å². The summed E-state index contributed by atoms with van der Waals surface area (Å²) in [5.74, 6) is -0.471. The van der Waals surface area contributed by atoms with Crippen molar-refractivity contribution in [3.63, 3.8) is 0 Å². The van der Waals surface area contributed by atoms with Gasteiger partial charge in [-0.1, -0.05) is 44.4 Å². The van der Waals surface area contributed by atoms with Crippen LogP contribution in [0.2, 0.25) is 0 Å². The van der Waals surface area contributed by atoms with Crippen LogP contribution in [0.4, 0.5) is 13.2 Å². The topological polar surface area (TPSA) is 49.4 Å². The minimum absolute atomic E-state index is 0.0796. The summed E-state index contributed by atoms with van der Waals surface area (Å²) in [6, 6.07) is 5.48. The molecule has 1 heterocycles. The lowest BCUT2D eigenvalue weighted by Gasteiger charge is -2.34. The van der Waals surface area contributed by atoms with Gasteiger partial charge in [-0.3, -0.25) is 9.59 Å². The molecule has 2 atom stereocenters. The number of amides is 2. The second-order valence-electron chi connectivity index (χ2n) is 8.85. The summed E-state index contributed by atoms with van der Waals surface area (Å²) in [5, 5.41) is 3.12. The monoisotopic (exact) mass is 438 g/mol. The number of piperidine rings is 1. The second kappa shape index (κ2) is 10.5. The third kappa shape index (κ3) is 6.01. The van der Waals surface area contributed by atoms with Crippen LogP contribution in [0.15, 0.2) is 24.3 Å². The molecule has 1 saturated carbocycles. The van der Waals surface area contributed by atoms with Crippen LogP contribution < -0.4 is 5.32 Å². The average molecular weight is 439 g/mol. The van der Waals surface area contributed by atoms with Crippen LogP contribution >= 0.6 is 0 Å². The molecule has 3 rings (SSSR count). The maximum atomic E-state index is 13.6. The SMILES string of the molecule is CCCC(=O)N1CCC(C(=O)N[C@H]2CCCCC[C@H]2c2ccccc2C(F)(F)F)CC1. The molecule has 0 bridgehead atoms. The molecule has 4 nitrogen and oxygen atoms in total. The molecule has 1 aliphatic heterocycles. The fraction of sp³-hybridized carbons (Fsp3) is 0.667. The van der Waals surface area contributed by atoms with Gasteiger partial charge in [-0.15, -0.1) is 0 Å². The Hall–Kier alpha value is -2.05. The number of hydrogen-bond acceptors (Lipinski definition) is 2. The predicted molar refractivity (Wildman–Crippen MR) is 113 cm³/mol. The molecule has 31 heavy (non-hydrogen) atoms. The largest absolute Gasteiger partial charge is 0.416 e. The van der Waals surface area contributed by atoms with Crippen LogP contribution in [0.1, 0.15) is 81.8 Å². The van der Waals surface area contributed by atoms with E-state index in [0.29, 0.717) is 50.8 Å². The van der Waals surface area contributed by atoms with Gasteiger partial charge in [0.15, 0.2) is 0 Å². The minimum Gasteiger partial charge on any atom is -0.353 e. The number of carbonyl (C=O) groups is 2. The minimum atomic E-state index is -4.41. The maximum absolute atomic E-state index is 13.6. The fourth-order valence-electron chi connectivity index (χ4n) is 4.99. The van der Waals surface area contributed by atoms with E-state index in [-0.39, 0.29) is 29.7 Å². The Morgan fingerprint density at radius 3 is 2.39 bits per heavy atom. The second-order valence-corrected chi connectivity index (χ2v) is 8.85. The van der Waals surface area contributed by atoms with Crippen molar-refractivity contribution < 1.29 is 22.8 Å². The van der Waals surface area contributed by atoms with Crippen molar-refractivity contribution in [3.05, 3.63) is 35.4 Å². The van der Waals surface area contributed by atoms with E-state index in [1.807, 2.05) is 11.8 Å². The van der Waals surface area contributed by atoms with Crippen LogP contribution in [0, 0.1) is 5.92 Å². The summed E-state index contributed by atoms with van der Waals surface area (Å²) in [4.78, 5) is 26.9. The zero-order valence-corrected chi connectivity index (χ0v) is 18.2. The Morgan fingerprint density at radius 2 is 1.71 bits per heavy atom. The van der Waals surface area contributed by atoms with Gasteiger partial charge in [0.25, 0.3) is 0 Å². The standard InChI is InChI=1S/C24H33F3N2O2/c1-2-8-22(30)29-15-13-17(14-16-29)23(31)28-21-12-5-3-4-10-19(21)18-9-6-7-11-20(18)24(25,26)27/h6-7,9,11,17,19,21H,2-5,8,10,12-16H2,1H3,(H,28,31)/t19-,21-/m0/s1. The molecule has 2 fully saturated rings. The third-order valence-corrected chi connectivity index (χ3v) is 6.69. The van der Waals surface area contributed by atoms with Gasteiger partial charge in [-0.25, -0.2) is 0 Å². The molecule has 7 heteroatoms. The van der Waals surface area contributed by atoms with E-state index in [2.05, 4.69) is 5.32 Å². The number of halogens is 3. The Bertz CT molecular complexity index is 757. The van der Waals surface area contributed by atoms with E-state index in [9.17, 15) is 22.8 Å². The van der Waals surface area contributed by atoms with Crippen LogP contribution in [0.3, 0.4) is 0 Å². The van der Waals surface area contributed by atoms with E-state index in [1.54, 1.807) is 12.1 Å². The summed E-state index contributed by atoms with van der Waals surface area (Å²) in [7, 11) is 0. The Balaban J connectivity index is 1.69. The lowest BCUT2D eigenvalue weighted by atomic mass is 9.84. The molecule has 1 aromatic rings. The molecule has 1 N–H and O–H groups in total. The van der Waals surface area contributed by atoms with Crippen molar-refractivity contribution in [2.45, 2.75) is 82.8 Å². The highest BCUT2D eigenvalue weighted by atomic mass is 19.4. The van der Waals surface area contributed by atoms with Gasteiger partial charge in [0.05, 0.1) is 5.56 Å². The van der Waals surface area contributed by atoms with Crippen LogP contribution in [-0.4, -0.2) is 35.8 Å². The molecule has 1 aliphatic carbocycles. The van der Waals surface area contributed by atoms with Crippen molar-refractivity contribution in [3.8, 4) is 0 Å². The summed E-state index contributed by atoms with van der Waals surface area (Å²) < 4.78 is 40.9. The molecule has 0 radical (unpaired) electrons. The van der Waals surface area contributed by atoms with E-state index < -0.39 is 11.7 Å². The van der Waals surface area contributed by atoms with E-state index in [0.717, 1.165) is 31.7 Å². The number of alkyl halides is 3. The van der Waals surface area contributed by atoms with Gasteiger partial charge >= 0.3 is 6.18 Å². The van der Waals surface area contributed by atoms with Gasteiger partial charge in [0.1, 0.15) is 0 Å². The number of nitrogens with zero attached hydrogens (tertiary/aromatic N) is 1. The van der Waals surface area contributed by atoms with Gasteiger partial charge < -0.3 is 10.2 Å². The molecule has 172 valence electrons. The first-order chi connectivity index (χ1) is 14.8. The Labute approximate surface area is 182 Å². The Morgan fingerprint density at radius 1 is 1.03 bits per heavy atom. The number of benzene rings is 1. The summed E-state index contributed by atoms with van der Waals surface area (Å²) in [5.41, 5.74) is -0.300. The molecule has 0 unspecified atom stereocenters. The van der Waals surface area contributed by atoms with Crippen molar-refractivity contribution in [2.24, 2.45) is 5.92 Å². The zero-order valence-electron chi connectivity index (χ0n) is 18.2. The van der Waals surface area contributed by atoms with Crippen LogP contribution in [-0.2, 0) is 15.8 Å². The van der Waals surface area contributed by atoms with E-state index >= 15 is 0 Å². The van der Waals surface area contributed by atoms with E-state index in [4.69, 9.17) is 0 Å². The molecule has 1 saturated heterocycles. The summed E-state index contributed by atoms with van der Waals surface area (Å²) >= 11 is 0. The Kier molecular flexibility index (Phi) is 8.00. The molecule has 2 aliphatic rings. The first kappa shape index (κ1) is 23.6. The van der Waals surface area contributed by atoms with Gasteiger partial charge in [0, 0.05) is 37.4 Å². The predicted octanol–water partition coefficient (Wildman–Crippen LogP) is 5.28. The summed E-state index contributed by atoms with van der Waals surface area (Å²) in [6.07, 6.45) is 2.21. The molecular weight excluding hydrogens is 405 g/mol. The number of likely N-dealkylation sites (tertiary alicyclic amines) is 1. The first-order valence-corrected chi connectivity index (χ1v) is 11.6. The van der Waals surface area contributed by atoms with Crippen molar-refractivity contribution in [2.75, 3.05) is 13.1 Å². The highest BCUT2D eigenvalue weighted by Gasteiger charge is 2.38. The third-order valence-electron chi connectivity index (χ3n) is 6.69. The van der Waals surface area contributed by atoms with Crippen LogP contribution in [0.25, 0.3) is 0 Å².